The van der Waals surface area contributed by atoms with Crippen LogP contribution in [0.2, 0.25) is 0 Å². The van der Waals surface area contributed by atoms with Crippen LogP contribution in [0.5, 0.6) is 0 Å². The van der Waals surface area contributed by atoms with Crippen LogP contribution in [0.4, 0.5) is 4.39 Å². The third-order valence-corrected chi connectivity index (χ3v) is 1.59. The molecule has 0 bridgehead atoms. The van der Waals surface area contributed by atoms with Crippen molar-refractivity contribution in [1.82, 2.24) is 0 Å². The van der Waals surface area contributed by atoms with Gasteiger partial charge in [0.25, 0.3) is 0 Å². The lowest BCUT2D eigenvalue weighted by atomic mass is 10.8. The minimum absolute atomic E-state index is 0.451. The van der Waals surface area contributed by atoms with E-state index in [1.807, 2.05) is 0 Å². The number of hydrogen-bond donors (Lipinski definition) is 1. The highest BCUT2D eigenvalue weighted by atomic mass is 31.2. The Kier molecular flexibility index (Phi) is 1.37. The van der Waals surface area contributed by atoms with Gasteiger partial charge in [0, 0.05) is 0 Å². The lowest BCUT2D eigenvalue weighted by molar-refractivity contribution is 0.0839. The maximum absolute atomic E-state index is 11.7. The van der Waals surface area contributed by atoms with Crippen LogP contribution >= 0.6 is 7.82 Å². The fourth-order valence-corrected chi connectivity index (χ4v) is 1.07. The molecule has 2 unspecified atom stereocenters. The molecular weight excluding hydrogens is 138 g/mol. The Morgan fingerprint density at radius 3 is 2.62 bits per heavy atom. The highest BCUT2D eigenvalue weighted by molar-refractivity contribution is 7.47. The zero-order valence-corrected chi connectivity index (χ0v) is 4.68. The number of halogens is 1. The van der Waals surface area contributed by atoms with Gasteiger partial charge in [-0.05, 0) is 0 Å². The van der Waals surface area contributed by atoms with Crippen LogP contribution in [0, 0.1) is 0 Å². The Balaban J connectivity index is 2.57. The average molecular weight is 142 g/mol. The molecule has 0 aromatic carbocycles. The van der Waals surface area contributed by atoms with E-state index in [2.05, 4.69) is 9.05 Å². The molecule has 6 heteroatoms. The molecule has 0 spiro atoms. The Hall–Kier alpha value is 0.0400. The van der Waals surface area contributed by atoms with Gasteiger partial charge in [0.1, 0.15) is 6.61 Å². The van der Waals surface area contributed by atoms with Crippen molar-refractivity contribution in [2.45, 2.75) is 6.36 Å². The Morgan fingerprint density at radius 2 is 2.50 bits per heavy atom. The molecule has 1 saturated heterocycles. The van der Waals surface area contributed by atoms with Gasteiger partial charge >= 0.3 is 7.82 Å². The highest BCUT2D eigenvalue weighted by Gasteiger charge is 2.34. The van der Waals surface area contributed by atoms with Crippen molar-refractivity contribution in [2.75, 3.05) is 6.61 Å². The highest BCUT2D eigenvalue weighted by Crippen LogP contribution is 2.49. The van der Waals surface area contributed by atoms with Gasteiger partial charge in [-0.3, -0.25) is 4.52 Å². The van der Waals surface area contributed by atoms with E-state index in [1.54, 1.807) is 0 Å². The van der Waals surface area contributed by atoms with E-state index < -0.39 is 20.8 Å². The van der Waals surface area contributed by atoms with E-state index in [1.165, 1.54) is 0 Å². The normalized spacial score (nSPS) is 47.5. The molecule has 0 saturated carbocycles. The first-order chi connectivity index (χ1) is 3.60. The molecule has 1 N–H and O–H groups in total. The summed E-state index contributed by atoms with van der Waals surface area (Å²) in [4.78, 5) is 8.24. The van der Waals surface area contributed by atoms with Crippen molar-refractivity contribution in [1.29, 1.82) is 0 Å². The molecule has 4 nitrogen and oxygen atoms in total. The van der Waals surface area contributed by atoms with E-state index in [-0.39, 0.29) is 0 Å². The SMILES string of the molecule is O=P1(O)OCC(F)O1. The summed E-state index contributed by atoms with van der Waals surface area (Å²) >= 11 is 0. The standard InChI is InChI=1S/C2H4FO4P/c3-2-1-6-8(4,5)7-2/h2H,1H2,(H,4,5). The zero-order chi connectivity index (χ0) is 6.20. The molecular formula is C2H4FO4P. The second-order valence-electron chi connectivity index (χ2n) is 1.28. The summed E-state index contributed by atoms with van der Waals surface area (Å²) in [6.07, 6.45) is -1.74. The van der Waals surface area contributed by atoms with Crippen LogP contribution in [0.25, 0.3) is 0 Å². The first-order valence-corrected chi connectivity index (χ1v) is 3.39. The molecule has 0 radical (unpaired) electrons. The largest absolute Gasteiger partial charge is 0.475 e. The monoisotopic (exact) mass is 142 g/mol. The number of phosphoric acid groups is 1. The van der Waals surface area contributed by atoms with Crippen molar-refractivity contribution < 1.29 is 22.9 Å². The summed E-state index contributed by atoms with van der Waals surface area (Å²) < 4.78 is 29.6. The van der Waals surface area contributed by atoms with E-state index in [0.29, 0.717) is 0 Å². The average Bonchev–Trinajstić information content (AvgIpc) is 1.82. The second kappa shape index (κ2) is 1.77. The Morgan fingerprint density at radius 1 is 1.88 bits per heavy atom. The van der Waals surface area contributed by atoms with Crippen LogP contribution in [0.3, 0.4) is 0 Å². The predicted molar refractivity (Wildman–Crippen MR) is 21.8 cm³/mol. The smallest absolute Gasteiger partial charge is 0.302 e. The first-order valence-electron chi connectivity index (χ1n) is 1.90. The number of hydrogen-bond acceptors (Lipinski definition) is 3. The fourth-order valence-electron chi connectivity index (χ4n) is 0.358. The number of rotatable bonds is 0. The lowest BCUT2D eigenvalue weighted by Crippen LogP contribution is -1.97. The molecule has 1 fully saturated rings. The molecule has 0 aromatic heterocycles. The lowest BCUT2D eigenvalue weighted by Gasteiger charge is -1.95. The third-order valence-electron chi connectivity index (χ3n) is 0.616. The summed E-state index contributed by atoms with van der Waals surface area (Å²) in [6, 6.07) is 0. The maximum Gasteiger partial charge on any atom is 0.475 e. The molecule has 1 rings (SSSR count). The van der Waals surface area contributed by atoms with Gasteiger partial charge in [-0.1, -0.05) is 0 Å². The van der Waals surface area contributed by atoms with Crippen molar-refractivity contribution in [3.63, 3.8) is 0 Å². The van der Waals surface area contributed by atoms with Crippen molar-refractivity contribution in [2.24, 2.45) is 0 Å². The predicted octanol–water partition coefficient (Wildman–Crippen LogP) is 0.429. The van der Waals surface area contributed by atoms with Crippen LogP contribution in [-0.4, -0.2) is 17.9 Å². The maximum atomic E-state index is 11.7. The summed E-state index contributed by atoms with van der Waals surface area (Å²) in [5.74, 6) is 0. The van der Waals surface area contributed by atoms with E-state index in [4.69, 9.17) is 4.89 Å². The molecule has 0 amide bonds. The van der Waals surface area contributed by atoms with Gasteiger partial charge < -0.3 is 4.89 Å². The summed E-state index contributed by atoms with van der Waals surface area (Å²) in [5.41, 5.74) is 0. The summed E-state index contributed by atoms with van der Waals surface area (Å²) in [6.45, 7) is -0.451. The van der Waals surface area contributed by atoms with E-state index >= 15 is 0 Å². The summed E-state index contributed by atoms with van der Waals surface area (Å²) in [5, 5.41) is 0. The molecule has 2 atom stereocenters. The summed E-state index contributed by atoms with van der Waals surface area (Å²) in [7, 11) is -3.97. The molecule has 48 valence electrons. The van der Waals surface area contributed by atoms with Crippen molar-refractivity contribution in [3.05, 3.63) is 0 Å². The fraction of sp³-hybridized carbons (Fsp3) is 1.00. The molecule has 0 aliphatic carbocycles. The van der Waals surface area contributed by atoms with Crippen molar-refractivity contribution in [3.8, 4) is 0 Å². The van der Waals surface area contributed by atoms with E-state index in [0.717, 1.165) is 0 Å². The van der Waals surface area contributed by atoms with E-state index in [9.17, 15) is 8.96 Å². The number of phosphoric ester groups is 1. The van der Waals surface area contributed by atoms with Crippen LogP contribution in [0.1, 0.15) is 0 Å². The topological polar surface area (TPSA) is 55.8 Å². The Bertz CT molecular complexity index is 136. The van der Waals surface area contributed by atoms with Gasteiger partial charge in [-0.25, -0.2) is 13.5 Å². The minimum Gasteiger partial charge on any atom is -0.302 e. The molecule has 0 aromatic rings. The first kappa shape index (κ1) is 6.16. The Labute approximate surface area is 44.8 Å². The number of alkyl halides is 1. The molecule has 1 heterocycles. The molecule has 8 heavy (non-hydrogen) atoms. The van der Waals surface area contributed by atoms with Crippen molar-refractivity contribution >= 4 is 7.82 Å². The minimum atomic E-state index is -3.97. The quantitative estimate of drug-likeness (QED) is 0.498. The molecule has 1 aliphatic heterocycles. The van der Waals surface area contributed by atoms with Gasteiger partial charge in [0.05, 0.1) is 0 Å². The van der Waals surface area contributed by atoms with Crippen LogP contribution in [-0.2, 0) is 13.6 Å². The third kappa shape index (κ3) is 1.26. The van der Waals surface area contributed by atoms with Crippen LogP contribution < -0.4 is 0 Å². The molecule has 1 aliphatic rings. The second-order valence-corrected chi connectivity index (χ2v) is 2.69. The van der Waals surface area contributed by atoms with Gasteiger partial charge in [0.2, 0.25) is 6.36 Å². The van der Waals surface area contributed by atoms with Gasteiger partial charge in [-0.2, -0.15) is 0 Å². The van der Waals surface area contributed by atoms with Gasteiger partial charge in [0.15, 0.2) is 0 Å². The van der Waals surface area contributed by atoms with Crippen LogP contribution in [0.15, 0.2) is 0 Å². The van der Waals surface area contributed by atoms with Gasteiger partial charge in [-0.15, -0.1) is 0 Å². The zero-order valence-electron chi connectivity index (χ0n) is 3.78.